The van der Waals surface area contributed by atoms with E-state index in [1.165, 1.54) is 11.1 Å². The number of fused-ring (bicyclic) bond motifs is 1. The van der Waals surface area contributed by atoms with Crippen LogP contribution in [0.5, 0.6) is 0 Å². The van der Waals surface area contributed by atoms with Crippen LogP contribution in [-0.4, -0.2) is 36.0 Å². The second-order valence-corrected chi connectivity index (χ2v) is 6.80. The number of carbonyl (C=O) groups excluding carboxylic acids is 2. The molecule has 0 aromatic heterocycles. The van der Waals surface area contributed by atoms with E-state index in [4.69, 9.17) is 0 Å². The zero-order chi connectivity index (χ0) is 17.5. The Bertz CT molecular complexity index is 642. The van der Waals surface area contributed by atoms with Crippen LogP contribution in [0.15, 0.2) is 36.4 Å². The van der Waals surface area contributed by atoms with E-state index < -0.39 is 0 Å². The van der Waals surface area contributed by atoms with Gasteiger partial charge in [-0.05, 0) is 43.2 Å². The topological polar surface area (TPSA) is 61.4 Å². The molecule has 1 atom stereocenters. The van der Waals surface area contributed by atoms with E-state index in [0.717, 1.165) is 32.2 Å². The number of nitrogens with zero attached hydrogens (tertiary/aromatic N) is 1. The fourth-order valence-corrected chi connectivity index (χ4v) is 3.46. The first-order chi connectivity index (χ1) is 12.2. The Morgan fingerprint density at radius 3 is 2.84 bits per heavy atom. The molecule has 0 unspecified atom stereocenters. The van der Waals surface area contributed by atoms with E-state index in [-0.39, 0.29) is 18.0 Å². The van der Waals surface area contributed by atoms with E-state index in [2.05, 4.69) is 41.0 Å². The number of benzene rings is 1. The number of urea groups is 1. The molecule has 0 bridgehead atoms. The molecular formula is C20H27N3O2. The summed E-state index contributed by atoms with van der Waals surface area (Å²) in [5.41, 5.74) is 2.60. The molecule has 1 heterocycles. The third-order valence-corrected chi connectivity index (χ3v) is 4.91. The maximum Gasteiger partial charge on any atom is 0.315 e. The van der Waals surface area contributed by atoms with Crippen LogP contribution >= 0.6 is 0 Å². The number of rotatable bonds is 5. The highest BCUT2D eigenvalue weighted by Crippen LogP contribution is 2.19. The minimum atomic E-state index is -0.143. The molecule has 5 nitrogen and oxygen atoms in total. The molecule has 1 aromatic carbocycles. The molecule has 2 aliphatic rings. The second-order valence-electron chi connectivity index (χ2n) is 6.80. The van der Waals surface area contributed by atoms with Gasteiger partial charge in [-0.2, -0.15) is 0 Å². The highest BCUT2D eigenvalue weighted by atomic mass is 16.2. The molecule has 1 aromatic rings. The summed E-state index contributed by atoms with van der Waals surface area (Å²) in [6.07, 6.45) is 9.47. The summed E-state index contributed by atoms with van der Waals surface area (Å²) in [5.74, 6) is 0.173. The van der Waals surface area contributed by atoms with E-state index in [1.54, 1.807) is 0 Å². The average Bonchev–Trinajstić information content (AvgIpc) is 2.65. The van der Waals surface area contributed by atoms with Crippen molar-refractivity contribution in [3.8, 4) is 0 Å². The largest absolute Gasteiger partial charge is 0.338 e. The van der Waals surface area contributed by atoms with Crippen LogP contribution in [-0.2, 0) is 17.8 Å². The first kappa shape index (κ1) is 17.5. The Hall–Kier alpha value is -2.30. The van der Waals surface area contributed by atoms with Gasteiger partial charge < -0.3 is 15.5 Å². The van der Waals surface area contributed by atoms with E-state index >= 15 is 0 Å². The van der Waals surface area contributed by atoms with Gasteiger partial charge in [-0.3, -0.25) is 4.79 Å². The van der Waals surface area contributed by atoms with Gasteiger partial charge in [0.25, 0.3) is 0 Å². The number of nitrogens with one attached hydrogen (secondary N) is 2. The molecule has 5 heteroatoms. The summed E-state index contributed by atoms with van der Waals surface area (Å²) < 4.78 is 0. The number of hydrogen-bond acceptors (Lipinski definition) is 2. The van der Waals surface area contributed by atoms with Crippen molar-refractivity contribution in [3.63, 3.8) is 0 Å². The van der Waals surface area contributed by atoms with Crippen molar-refractivity contribution in [3.05, 3.63) is 47.5 Å². The molecule has 0 spiro atoms. The van der Waals surface area contributed by atoms with Crippen molar-refractivity contribution in [2.24, 2.45) is 0 Å². The van der Waals surface area contributed by atoms with Gasteiger partial charge in [0.2, 0.25) is 5.91 Å². The van der Waals surface area contributed by atoms with Crippen LogP contribution in [0.2, 0.25) is 0 Å². The molecule has 1 aliphatic carbocycles. The number of amides is 3. The lowest BCUT2D eigenvalue weighted by Gasteiger charge is -2.29. The third kappa shape index (κ3) is 5.08. The summed E-state index contributed by atoms with van der Waals surface area (Å²) >= 11 is 0. The molecule has 2 N–H and O–H groups in total. The highest BCUT2D eigenvalue weighted by molar-refractivity contribution is 5.77. The fraction of sp³-hybridized carbons (Fsp3) is 0.500. The van der Waals surface area contributed by atoms with Crippen LogP contribution in [0.3, 0.4) is 0 Å². The van der Waals surface area contributed by atoms with Gasteiger partial charge >= 0.3 is 6.03 Å². The van der Waals surface area contributed by atoms with Crippen LogP contribution in [0, 0.1) is 0 Å². The summed E-state index contributed by atoms with van der Waals surface area (Å²) in [5, 5.41) is 5.80. The monoisotopic (exact) mass is 341 g/mol. The molecule has 0 radical (unpaired) electrons. The van der Waals surface area contributed by atoms with Gasteiger partial charge in [0.15, 0.2) is 0 Å². The Labute approximate surface area is 149 Å². The summed E-state index contributed by atoms with van der Waals surface area (Å²) in [7, 11) is 0. The minimum Gasteiger partial charge on any atom is -0.338 e. The Kier molecular flexibility index (Phi) is 6.09. The normalized spacial score (nSPS) is 19.2. The predicted octanol–water partition coefficient (Wildman–Crippen LogP) is 2.76. The molecule has 134 valence electrons. The van der Waals surface area contributed by atoms with Crippen LogP contribution in [0.4, 0.5) is 4.79 Å². The third-order valence-electron chi connectivity index (χ3n) is 4.91. The zero-order valence-corrected chi connectivity index (χ0v) is 14.7. The lowest BCUT2D eigenvalue weighted by Crippen LogP contribution is -2.42. The minimum absolute atomic E-state index is 0.142. The standard InChI is InChI=1S/C20H27N3O2/c24-19(23-14-12-16-7-4-5-8-17(16)15-23)11-6-13-21-20(25)22-18-9-2-1-3-10-18/h2,4-5,7-9,18H,1,3,6,10-15H2,(H2,21,22,25)/t18-/m1/s1. The van der Waals surface area contributed by atoms with Gasteiger partial charge in [0.05, 0.1) is 0 Å². The first-order valence-electron chi connectivity index (χ1n) is 9.28. The quantitative estimate of drug-likeness (QED) is 0.639. The van der Waals surface area contributed by atoms with Gasteiger partial charge in [-0.15, -0.1) is 0 Å². The number of carbonyl (C=O) groups is 2. The molecule has 25 heavy (non-hydrogen) atoms. The summed E-state index contributed by atoms with van der Waals surface area (Å²) in [6.45, 7) is 2.02. The number of allylic oxidation sites excluding steroid dienone is 1. The maximum absolute atomic E-state index is 12.4. The Balaban J connectivity index is 1.34. The molecule has 3 amide bonds. The molecular weight excluding hydrogens is 314 g/mol. The Morgan fingerprint density at radius 2 is 2.04 bits per heavy atom. The molecule has 3 rings (SSSR count). The summed E-state index contributed by atoms with van der Waals surface area (Å²) in [6, 6.07) is 8.31. The summed E-state index contributed by atoms with van der Waals surface area (Å²) in [4.78, 5) is 26.1. The number of hydrogen-bond donors (Lipinski definition) is 2. The van der Waals surface area contributed by atoms with Crippen LogP contribution in [0.25, 0.3) is 0 Å². The van der Waals surface area contributed by atoms with Crippen molar-refractivity contribution < 1.29 is 9.59 Å². The van der Waals surface area contributed by atoms with E-state index in [1.807, 2.05) is 11.0 Å². The van der Waals surface area contributed by atoms with E-state index in [0.29, 0.717) is 25.9 Å². The lowest BCUT2D eigenvalue weighted by atomic mass is 9.99. The molecule has 0 fully saturated rings. The SMILES string of the molecule is O=C(NCCCC(=O)N1CCc2ccccc2C1)N[C@@H]1C=CCCC1. The van der Waals surface area contributed by atoms with Crippen molar-refractivity contribution in [1.29, 1.82) is 0 Å². The van der Waals surface area contributed by atoms with Crippen LogP contribution < -0.4 is 10.6 Å². The first-order valence-corrected chi connectivity index (χ1v) is 9.28. The van der Waals surface area contributed by atoms with Crippen molar-refractivity contribution in [2.75, 3.05) is 13.1 Å². The second kappa shape index (κ2) is 8.70. The van der Waals surface area contributed by atoms with Crippen molar-refractivity contribution in [2.45, 2.75) is 51.1 Å². The molecule has 0 saturated carbocycles. The van der Waals surface area contributed by atoms with Gasteiger partial charge in [0, 0.05) is 32.1 Å². The smallest absolute Gasteiger partial charge is 0.315 e. The maximum atomic E-state index is 12.4. The molecule has 1 aliphatic heterocycles. The Morgan fingerprint density at radius 1 is 1.20 bits per heavy atom. The van der Waals surface area contributed by atoms with Crippen molar-refractivity contribution in [1.82, 2.24) is 15.5 Å². The average molecular weight is 341 g/mol. The van der Waals surface area contributed by atoms with Gasteiger partial charge in [0.1, 0.15) is 0 Å². The lowest BCUT2D eigenvalue weighted by molar-refractivity contribution is -0.132. The highest BCUT2D eigenvalue weighted by Gasteiger charge is 2.19. The van der Waals surface area contributed by atoms with E-state index in [9.17, 15) is 9.59 Å². The zero-order valence-electron chi connectivity index (χ0n) is 14.7. The van der Waals surface area contributed by atoms with Crippen LogP contribution in [0.1, 0.15) is 43.2 Å². The van der Waals surface area contributed by atoms with Gasteiger partial charge in [-0.25, -0.2) is 4.79 Å². The predicted molar refractivity (Wildman–Crippen MR) is 98.1 cm³/mol. The fourth-order valence-electron chi connectivity index (χ4n) is 3.46. The molecule has 0 saturated heterocycles. The van der Waals surface area contributed by atoms with Crippen molar-refractivity contribution >= 4 is 11.9 Å². The van der Waals surface area contributed by atoms with Gasteiger partial charge in [-0.1, -0.05) is 36.4 Å².